The van der Waals surface area contributed by atoms with Crippen LogP contribution in [0.2, 0.25) is 0 Å². The lowest BCUT2D eigenvalue weighted by molar-refractivity contribution is 0.187. The molecule has 1 saturated heterocycles. The van der Waals surface area contributed by atoms with Crippen LogP contribution in [0, 0.1) is 0 Å². The molecule has 0 saturated carbocycles. The number of rotatable bonds is 1. The summed E-state index contributed by atoms with van der Waals surface area (Å²) in [4.78, 5) is 10.1. The molecular weight excluding hydrogens is 168 g/mol. The molecule has 1 fully saturated rings. The van der Waals surface area contributed by atoms with Gasteiger partial charge in [0.1, 0.15) is 0 Å². The molecule has 0 aromatic rings. The second-order valence-electron chi connectivity index (χ2n) is 2.49. The van der Waals surface area contributed by atoms with Gasteiger partial charge in [0.15, 0.2) is 0 Å². The zero-order chi connectivity index (χ0) is 7.40. The molecule has 0 aliphatic carbocycles. The largest absolute Gasteiger partial charge is 0.465 e. The maximum atomic E-state index is 10.1. The Bertz CT molecular complexity index is 126. The van der Waals surface area contributed by atoms with Crippen molar-refractivity contribution in [1.29, 1.82) is 0 Å². The van der Waals surface area contributed by atoms with E-state index in [1.807, 2.05) is 0 Å². The molecule has 66 valence electrons. The van der Waals surface area contributed by atoms with Crippen molar-refractivity contribution in [1.82, 2.24) is 10.6 Å². The Balaban J connectivity index is 0.000001000. The summed E-state index contributed by atoms with van der Waals surface area (Å²) in [5.74, 6) is 0. The zero-order valence-corrected chi connectivity index (χ0v) is 6.99. The predicted molar refractivity (Wildman–Crippen MR) is 44.3 cm³/mol. The molecule has 3 N–H and O–H groups in total. The fourth-order valence-electron chi connectivity index (χ4n) is 1.15. The quantitative estimate of drug-likeness (QED) is 0.549. The van der Waals surface area contributed by atoms with Crippen LogP contribution in [0.1, 0.15) is 12.8 Å². The highest BCUT2D eigenvalue weighted by Gasteiger charge is 2.13. The van der Waals surface area contributed by atoms with Gasteiger partial charge in [-0.3, -0.25) is 0 Å². The Morgan fingerprint density at radius 3 is 2.82 bits per heavy atom. The highest BCUT2D eigenvalue weighted by molar-refractivity contribution is 5.85. The minimum atomic E-state index is -0.922. The Kier molecular flexibility index (Phi) is 4.98. The van der Waals surface area contributed by atoms with Crippen LogP contribution in [-0.2, 0) is 0 Å². The topological polar surface area (TPSA) is 61.4 Å². The number of amides is 1. The molecule has 1 heterocycles. The third kappa shape index (κ3) is 4.06. The van der Waals surface area contributed by atoms with Crippen molar-refractivity contribution in [3.8, 4) is 0 Å². The number of piperidine rings is 1. The summed E-state index contributed by atoms with van der Waals surface area (Å²) in [7, 11) is 0. The summed E-state index contributed by atoms with van der Waals surface area (Å²) in [6.07, 6.45) is 1.10. The molecule has 0 bridgehead atoms. The predicted octanol–water partition coefficient (Wildman–Crippen LogP) is 0.428. The molecule has 1 aliphatic heterocycles. The van der Waals surface area contributed by atoms with Crippen molar-refractivity contribution in [3.63, 3.8) is 0 Å². The monoisotopic (exact) mass is 180 g/mol. The van der Waals surface area contributed by atoms with Gasteiger partial charge in [0.25, 0.3) is 0 Å². The summed E-state index contributed by atoms with van der Waals surface area (Å²) in [5.41, 5.74) is 0. The standard InChI is InChI=1S/C6H12N2O2.ClH/c9-6(10)8-5-2-1-3-7-4-5;/h5,7-8H,1-4H2,(H,9,10);1H/t5-;/m1./s1. The van der Waals surface area contributed by atoms with Gasteiger partial charge in [0.05, 0.1) is 0 Å². The summed E-state index contributed by atoms with van der Waals surface area (Å²) in [5, 5.41) is 13.9. The lowest BCUT2D eigenvalue weighted by atomic mass is 10.1. The first kappa shape index (κ1) is 10.5. The van der Waals surface area contributed by atoms with Gasteiger partial charge >= 0.3 is 6.09 Å². The number of carboxylic acid groups (broad SMARTS) is 1. The molecular formula is C6H13ClN2O2. The third-order valence-electron chi connectivity index (χ3n) is 1.62. The van der Waals surface area contributed by atoms with E-state index in [1.54, 1.807) is 0 Å². The number of hydrogen-bond acceptors (Lipinski definition) is 2. The molecule has 1 rings (SSSR count). The Morgan fingerprint density at radius 2 is 2.36 bits per heavy atom. The molecule has 0 spiro atoms. The summed E-state index contributed by atoms with van der Waals surface area (Å²) in [6, 6.07) is 0.117. The number of halogens is 1. The molecule has 1 aliphatic rings. The van der Waals surface area contributed by atoms with Gasteiger partial charge in [-0.25, -0.2) is 4.79 Å². The highest BCUT2D eigenvalue weighted by Crippen LogP contribution is 2.00. The lowest BCUT2D eigenvalue weighted by Gasteiger charge is -2.21. The highest BCUT2D eigenvalue weighted by atomic mass is 35.5. The molecule has 11 heavy (non-hydrogen) atoms. The third-order valence-corrected chi connectivity index (χ3v) is 1.62. The fraction of sp³-hybridized carbons (Fsp3) is 0.833. The van der Waals surface area contributed by atoms with Gasteiger partial charge in [-0.15, -0.1) is 12.4 Å². The van der Waals surface area contributed by atoms with Crippen LogP contribution in [0.25, 0.3) is 0 Å². The average molecular weight is 181 g/mol. The molecule has 1 atom stereocenters. The molecule has 0 aromatic heterocycles. The van der Waals surface area contributed by atoms with E-state index < -0.39 is 6.09 Å². The van der Waals surface area contributed by atoms with Crippen LogP contribution in [-0.4, -0.2) is 30.3 Å². The second-order valence-corrected chi connectivity index (χ2v) is 2.49. The minimum absolute atomic E-state index is 0. The van der Waals surface area contributed by atoms with Crippen LogP contribution in [0.4, 0.5) is 4.79 Å². The summed E-state index contributed by atoms with van der Waals surface area (Å²) >= 11 is 0. The van der Waals surface area contributed by atoms with Crippen molar-refractivity contribution in [2.24, 2.45) is 0 Å². The molecule has 4 nitrogen and oxygen atoms in total. The molecule has 0 radical (unpaired) electrons. The molecule has 0 unspecified atom stereocenters. The van der Waals surface area contributed by atoms with Gasteiger partial charge in [-0.1, -0.05) is 0 Å². The van der Waals surface area contributed by atoms with E-state index in [2.05, 4.69) is 10.6 Å². The Hall–Kier alpha value is -0.480. The van der Waals surface area contributed by atoms with Gasteiger partial charge in [0.2, 0.25) is 0 Å². The fourth-order valence-corrected chi connectivity index (χ4v) is 1.15. The Labute approximate surface area is 71.8 Å². The maximum absolute atomic E-state index is 10.1. The maximum Gasteiger partial charge on any atom is 0.404 e. The van der Waals surface area contributed by atoms with E-state index >= 15 is 0 Å². The molecule has 1 amide bonds. The van der Waals surface area contributed by atoms with Crippen molar-refractivity contribution in [3.05, 3.63) is 0 Å². The minimum Gasteiger partial charge on any atom is -0.465 e. The molecule has 5 heteroatoms. The summed E-state index contributed by atoms with van der Waals surface area (Å²) in [6.45, 7) is 1.78. The zero-order valence-electron chi connectivity index (χ0n) is 6.17. The van der Waals surface area contributed by atoms with Crippen molar-refractivity contribution >= 4 is 18.5 Å². The van der Waals surface area contributed by atoms with Crippen LogP contribution in [0.3, 0.4) is 0 Å². The lowest BCUT2D eigenvalue weighted by Crippen LogP contribution is -2.45. The van der Waals surface area contributed by atoms with Crippen LogP contribution >= 0.6 is 12.4 Å². The first-order valence-corrected chi connectivity index (χ1v) is 3.49. The van der Waals surface area contributed by atoms with E-state index in [4.69, 9.17) is 5.11 Å². The normalized spacial score (nSPS) is 23.5. The summed E-state index contributed by atoms with van der Waals surface area (Å²) < 4.78 is 0. The number of nitrogens with one attached hydrogen (secondary N) is 2. The van der Waals surface area contributed by atoms with E-state index in [9.17, 15) is 4.79 Å². The second kappa shape index (κ2) is 5.21. The average Bonchev–Trinajstić information content (AvgIpc) is 1.88. The number of hydrogen-bond donors (Lipinski definition) is 3. The van der Waals surface area contributed by atoms with E-state index in [-0.39, 0.29) is 18.4 Å². The van der Waals surface area contributed by atoms with E-state index in [0.29, 0.717) is 0 Å². The SMILES string of the molecule is Cl.O=C(O)N[C@@H]1CCCNC1. The van der Waals surface area contributed by atoms with Gasteiger partial charge in [0, 0.05) is 12.6 Å². The smallest absolute Gasteiger partial charge is 0.404 e. The van der Waals surface area contributed by atoms with Gasteiger partial charge < -0.3 is 15.7 Å². The van der Waals surface area contributed by atoms with E-state index in [1.165, 1.54) is 0 Å². The van der Waals surface area contributed by atoms with Crippen molar-refractivity contribution in [2.45, 2.75) is 18.9 Å². The van der Waals surface area contributed by atoms with Gasteiger partial charge in [-0.2, -0.15) is 0 Å². The van der Waals surface area contributed by atoms with Crippen LogP contribution < -0.4 is 10.6 Å². The van der Waals surface area contributed by atoms with Crippen LogP contribution in [0.5, 0.6) is 0 Å². The van der Waals surface area contributed by atoms with E-state index in [0.717, 1.165) is 25.9 Å². The first-order valence-electron chi connectivity index (χ1n) is 3.49. The van der Waals surface area contributed by atoms with Gasteiger partial charge in [-0.05, 0) is 19.4 Å². The van der Waals surface area contributed by atoms with Crippen molar-refractivity contribution in [2.75, 3.05) is 13.1 Å². The Morgan fingerprint density at radius 1 is 1.64 bits per heavy atom. The van der Waals surface area contributed by atoms with Crippen LogP contribution in [0.15, 0.2) is 0 Å². The first-order chi connectivity index (χ1) is 4.79. The molecule has 0 aromatic carbocycles. The van der Waals surface area contributed by atoms with Crippen molar-refractivity contribution < 1.29 is 9.90 Å². The number of carbonyl (C=O) groups is 1.